The summed E-state index contributed by atoms with van der Waals surface area (Å²) in [4.78, 5) is 22.4. The molecule has 26 heavy (non-hydrogen) atoms. The van der Waals surface area contributed by atoms with Gasteiger partial charge in [-0.05, 0) is 48.6 Å². The Morgan fingerprint density at radius 3 is 2.85 bits per heavy atom. The number of halogens is 1. The minimum absolute atomic E-state index is 0.0131. The lowest BCUT2D eigenvalue weighted by Crippen LogP contribution is -2.29. The number of thiophene rings is 1. The lowest BCUT2D eigenvalue weighted by Gasteiger charge is -2.17. The maximum Gasteiger partial charge on any atom is 0.413 e. The van der Waals surface area contributed by atoms with E-state index in [4.69, 9.17) is 16.0 Å². The minimum Gasteiger partial charge on any atom is -0.467 e. The smallest absolute Gasteiger partial charge is 0.413 e. The summed E-state index contributed by atoms with van der Waals surface area (Å²) >= 11 is 7.50. The molecule has 2 N–H and O–H groups in total. The zero-order chi connectivity index (χ0) is 18.8. The summed E-state index contributed by atoms with van der Waals surface area (Å²) in [5, 5.41) is 19.0. The number of fused-ring (bicyclic) bond motifs is 1. The molecular formula is C17H18ClN3O4S. The van der Waals surface area contributed by atoms with E-state index in [0.717, 1.165) is 15.3 Å². The second-order valence-corrected chi connectivity index (χ2v) is 7.53. The van der Waals surface area contributed by atoms with Gasteiger partial charge in [-0.1, -0.05) is 6.92 Å². The number of aryl methyl sites for hydroxylation is 1. The van der Waals surface area contributed by atoms with Crippen molar-refractivity contribution in [2.45, 2.75) is 26.8 Å². The first-order valence-electron chi connectivity index (χ1n) is 8.00. The Balaban J connectivity index is 2.11. The van der Waals surface area contributed by atoms with Crippen LogP contribution in [0.5, 0.6) is 0 Å². The van der Waals surface area contributed by atoms with E-state index in [1.165, 1.54) is 17.6 Å². The molecule has 0 aliphatic rings. The standard InChI is InChI=1S/C17H18ClN3O4S/c1-9(8-22)6-12-10(2)13-14(26-12)15(20-16(18)19-13)21(17(23)24)7-11-4-3-5-25-11/h3-5,9,22H,6-8H2,1-2H3,(H,23,24)/t9-/m0/s1. The van der Waals surface area contributed by atoms with Crippen molar-refractivity contribution in [1.82, 2.24) is 9.97 Å². The van der Waals surface area contributed by atoms with Crippen molar-refractivity contribution in [1.29, 1.82) is 0 Å². The van der Waals surface area contributed by atoms with Crippen LogP contribution >= 0.6 is 22.9 Å². The van der Waals surface area contributed by atoms with E-state index in [1.807, 2.05) is 13.8 Å². The van der Waals surface area contributed by atoms with Gasteiger partial charge in [0.15, 0.2) is 5.82 Å². The number of furan rings is 1. The summed E-state index contributed by atoms with van der Waals surface area (Å²) in [6.45, 7) is 3.96. The molecule has 3 aromatic rings. The molecule has 3 rings (SSSR count). The van der Waals surface area contributed by atoms with E-state index in [-0.39, 0.29) is 30.2 Å². The van der Waals surface area contributed by atoms with Gasteiger partial charge in [0, 0.05) is 11.5 Å². The van der Waals surface area contributed by atoms with Gasteiger partial charge in [0.2, 0.25) is 5.28 Å². The fourth-order valence-corrected chi connectivity index (χ4v) is 4.21. The third kappa shape index (κ3) is 3.67. The highest BCUT2D eigenvalue weighted by atomic mass is 35.5. The van der Waals surface area contributed by atoms with Crippen LogP contribution in [0.3, 0.4) is 0 Å². The highest BCUT2D eigenvalue weighted by Gasteiger charge is 2.25. The van der Waals surface area contributed by atoms with E-state index in [0.29, 0.717) is 22.4 Å². The quantitative estimate of drug-likeness (QED) is 0.609. The zero-order valence-electron chi connectivity index (χ0n) is 14.3. The summed E-state index contributed by atoms with van der Waals surface area (Å²) < 4.78 is 5.92. The fraction of sp³-hybridized carbons (Fsp3) is 0.353. The van der Waals surface area contributed by atoms with Crippen LogP contribution in [0.15, 0.2) is 22.8 Å². The molecule has 138 valence electrons. The van der Waals surface area contributed by atoms with Gasteiger partial charge >= 0.3 is 6.09 Å². The summed E-state index contributed by atoms with van der Waals surface area (Å²) in [6, 6.07) is 3.39. The van der Waals surface area contributed by atoms with Crippen molar-refractivity contribution in [2.75, 3.05) is 11.5 Å². The van der Waals surface area contributed by atoms with Crippen molar-refractivity contribution in [3.63, 3.8) is 0 Å². The fourth-order valence-electron chi connectivity index (χ4n) is 2.64. The normalized spacial score (nSPS) is 12.5. The number of aromatic nitrogens is 2. The maximum absolute atomic E-state index is 11.8. The van der Waals surface area contributed by atoms with Crippen LogP contribution in [0.4, 0.5) is 10.6 Å². The van der Waals surface area contributed by atoms with Gasteiger partial charge < -0.3 is 14.6 Å². The number of hydrogen-bond donors (Lipinski definition) is 2. The van der Waals surface area contributed by atoms with Crippen LogP contribution in [-0.4, -0.2) is 32.9 Å². The molecular weight excluding hydrogens is 378 g/mol. The first kappa shape index (κ1) is 18.6. The van der Waals surface area contributed by atoms with Crippen LogP contribution in [-0.2, 0) is 13.0 Å². The van der Waals surface area contributed by atoms with Gasteiger partial charge in [-0.3, -0.25) is 4.90 Å². The largest absolute Gasteiger partial charge is 0.467 e. The summed E-state index contributed by atoms with van der Waals surface area (Å²) in [6.07, 6.45) is 1.00. The van der Waals surface area contributed by atoms with Gasteiger partial charge in [0.1, 0.15) is 5.76 Å². The number of rotatable bonds is 6. The highest BCUT2D eigenvalue weighted by molar-refractivity contribution is 7.19. The molecule has 0 spiro atoms. The molecule has 0 fully saturated rings. The molecule has 7 nitrogen and oxygen atoms in total. The lowest BCUT2D eigenvalue weighted by molar-refractivity contribution is 0.200. The third-order valence-corrected chi connectivity index (χ3v) is 5.51. The molecule has 9 heteroatoms. The SMILES string of the molecule is Cc1c(C[C@H](C)CO)sc2c(N(Cc3ccco3)C(=O)O)nc(Cl)nc12. The Morgan fingerprint density at radius 1 is 1.46 bits per heavy atom. The highest BCUT2D eigenvalue weighted by Crippen LogP contribution is 2.37. The molecule has 1 amide bonds. The van der Waals surface area contributed by atoms with Crippen molar-refractivity contribution in [3.05, 3.63) is 39.9 Å². The molecule has 1 atom stereocenters. The number of aliphatic hydroxyl groups excluding tert-OH is 1. The Kier molecular flexibility index (Phi) is 5.45. The average Bonchev–Trinajstić information content (AvgIpc) is 3.21. The van der Waals surface area contributed by atoms with E-state index < -0.39 is 6.09 Å². The van der Waals surface area contributed by atoms with Crippen LogP contribution < -0.4 is 4.90 Å². The minimum atomic E-state index is -1.16. The van der Waals surface area contributed by atoms with Gasteiger partial charge in [0.05, 0.1) is 23.0 Å². The molecule has 0 radical (unpaired) electrons. The monoisotopic (exact) mass is 395 g/mol. The molecule has 0 aromatic carbocycles. The number of carboxylic acid groups (broad SMARTS) is 1. The van der Waals surface area contributed by atoms with Gasteiger partial charge in [-0.2, -0.15) is 4.98 Å². The number of carbonyl (C=O) groups is 1. The van der Waals surface area contributed by atoms with Crippen LogP contribution in [0, 0.1) is 12.8 Å². The molecule has 0 saturated carbocycles. The number of aliphatic hydroxyl groups is 1. The topological polar surface area (TPSA) is 99.7 Å². The zero-order valence-corrected chi connectivity index (χ0v) is 15.8. The lowest BCUT2D eigenvalue weighted by atomic mass is 10.1. The summed E-state index contributed by atoms with van der Waals surface area (Å²) in [7, 11) is 0. The average molecular weight is 396 g/mol. The van der Waals surface area contributed by atoms with Crippen LogP contribution in [0.25, 0.3) is 10.2 Å². The number of amides is 1. The Bertz CT molecular complexity index is 926. The first-order valence-corrected chi connectivity index (χ1v) is 9.19. The van der Waals surface area contributed by atoms with Crippen molar-refractivity contribution in [2.24, 2.45) is 5.92 Å². The Morgan fingerprint density at radius 2 is 2.23 bits per heavy atom. The Hall–Kier alpha value is -2.16. The molecule has 0 saturated heterocycles. The van der Waals surface area contributed by atoms with Crippen LogP contribution in [0.1, 0.15) is 23.1 Å². The second-order valence-electron chi connectivity index (χ2n) is 6.08. The molecule has 0 bridgehead atoms. The van der Waals surface area contributed by atoms with E-state index in [1.54, 1.807) is 12.1 Å². The van der Waals surface area contributed by atoms with E-state index in [9.17, 15) is 15.0 Å². The van der Waals surface area contributed by atoms with E-state index in [2.05, 4.69) is 9.97 Å². The molecule has 3 heterocycles. The van der Waals surface area contributed by atoms with Gasteiger partial charge in [-0.15, -0.1) is 11.3 Å². The molecule has 0 aliphatic heterocycles. The molecule has 3 aromatic heterocycles. The number of anilines is 1. The van der Waals surface area contributed by atoms with Gasteiger partial charge in [0.25, 0.3) is 0 Å². The van der Waals surface area contributed by atoms with Crippen LogP contribution in [0.2, 0.25) is 5.28 Å². The Labute approximate surface area is 158 Å². The number of nitrogens with zero attached hydrogens (tertiary/aromatic N) is 3. The molecule has 0 unspecified atom stereocenters. The summed E-state index contributed by atoms with van der Waals surface area (Å²) in [5.74, 6) is 0.824. The van der Waals surface area contributed by atoms with Gasteiger partial charge in [-0.25, -0.2) is 9.78 Å². The second kappa shape index (κ2) is 7.61. The van der Waals surface area contributed by atoms with Crippen molar-refractivity contribution in [3.8, 4) is 0 Å². The predicted octanol–water partition coefficient (Wildman–Crippen LogP) is 4.10. The first-order chi connectivity index (χ1) is 12.4. The number of hydrogen-bond acceptors (Lipinski definition) is 6. The van der Waals surface area contributed by atoms with Crippen molar-refractivity contribution >= 4 is 45.1 Å². The van der Waals surface area contributed by atoms with Crippen molar-refractivity contribution < 1.29 is 19.4 Å². The predicted molar refractivity (Wildman–Crippen MR) is 100 cm³/mol. The molecule has 0 aliphatic carbocycles. The third-order valence-electron chi connectivity index (χ3n) is 4.05. The van der Waals surface area contributed by atoms with E-state index >= 15 is 0 Å². The summed E-state index contributed by atoms with van der Waals surface area (Å²) in [5.41, 5.74) is 1.56. The maximum atomic E-state index is 11.8.